The molecule has 0 amide bonds. The zero-order chi connectivity index (χ0) is 14.3. The van der Waals surface area contributed by atoms with Gasteiger partial charge in [-0.2, -0.15) is 0 Å². The third kappa shape index (κ3) is 2.14. The minimum absolute atomic E-state index is 0.673. The van der Waals surface area contributed by atoms with Crippen molar-refractivity contribution in [3.8, 4) is 0 Å². The predicted molar refractivity (Wildman–Crippen MR) is 86.8 cm³/mol. The Labute approximate surface area is 127 Å². The number of fused-ring (bicyclic) bond motifs is 1. The van der Waals surface area contributed by atoms with E-state index in [0.717, 1.165) is 21.4 Å². The molecule has 3 aromatic rings. The van der Waals surface area contributed by atoms with Crippen molar-refractivity contribution in [3.05, 3.63) is 68.4 Å². The second kappa shape index (κ2) is 5.21. The molecule has 1 heterocycles. The summed E-state index contributed by atoms with van der Waals surface area (Å²) in [4.78, 5) is 0.818. The summed E-state index contributed by atoms with van der Waals surface area (Å²) in [6.45, 7) is 4.04. The number of aliphatic hydroxyl groups excluding tert-OH is 1. The second-order valence-electron chi connectivity index (χ2n) is 5.02. The Hall–Kier alpha value is -1.35. The lowest BCUT2D eigenvalue weighted by atomic mass is 9.96. The van der Waals surface area contributed by atoms with Crippen molar-refractivity contribution in [2.24, 2.45) is 0 Å². The van der Waals surface area contributed by atoms with E-state index in [1.54, 1.807) is 0 Å². The van der Waals surface area contributed by atoms with Crippen molar-refractivity contribution in [1.29, 1.82) is 0 Å². The molecule has 0 aliphatic heterocycles. The van der Waals surface area contributed by atoms with Crippen LogP contribution in [0.25, 0.3) is 10.8 Å². The van der Waals surface area contributed by atoms with Crippen LogP contribution in [0.4, 0.5) is 0 Å². The number of rotatable bonds is 2. The van der Waals surface area contributed by atoms with Gasteiger partial charge in [-0.1, -0.05) is 48.0 Å². The lowest BCUT2D eigenvalue weighted by Crippen LogP contribution is -1.99. The van der Waals surface area contributed by atoms with E-state index in [2.05, 4.69) is 25.1 Å². The third-order valence-corrected chi connectivity index (χ3v) is 5.41. The molecule has 0 bridgehead atoms. The van der Waals surface area contributed by atoms with Crippen LogP contribution < -0.4 is 0 Å². The number of halogens is 1. The maximum atomic E-state index is 10.7. The van der Waals surface area contributed by atoms with Crippen LogP contribution in [0.15, 0.2) is 41.8 Å². The molecule has 0 saturated heterocycles. The molecule has 102 valence electrons. The van der Waals surface area contributed by atoms with Gasteiger partial charge in [0.05, 0.1) is 9.90 Å². The number of hydrogen-bond acceptors (Lipinski definition) is 2. The Balaban J connectivity index is 2.20. The fourth-order valence-electron chi connectivity index (χ4n) is 2.49. The maximum Gasteiger partial charge on any atom is 0.115 e. The summed E-state index contributed by atoms with van der Waals surface area (Å²) in [5.74, 6) is 0. The lowest BCUT2D eigenvalue weighted by Gasteiger charge is -2.14. The van der Waals surface area contributed by atoms with Crippen molar-refractivity contribution in [1.82, 2.24) is 0 Å². The Morgan fingerprint density at radius 2 is 1.70 bits per heavy atom. The molecule has 0 spiro atoms. The fourth-order valence-corrected chi connectivity index (χ4v) is 3.79. The summed E-state index contributed by atoms with van der Waals surface area (Å²) in [6, 6.07) is 12.2. The van der Waals surface area contributed by atoms with Crippen molar-refractivity contribution in [2.75, 3.05) is 0 Å². The number of aryl methyl sites for hydroxylation is 2. The molecule has 0 aliphatic rings. The highest BCUT2D eigenvalue weighted by atomic mass is 35.5. The molecule has 1 atom stereocenters. The molecule has 0 fully saturated rings. The normalized spacial score (nSPS) is 12.8. The highest BCUT2D eigenvalue weighted by Crippen LogP contribution is 2.38. The highest BCUT2D eigenvalue weighted by molar-refractivity contribution is 7.10. The molecular weight excluding hydrogens is 288 g/mol. The Morgan fingerprint density at radius 1 is 1.00 bits per heavy atom. The number of thiophene rings is 1. The third-order valence-electron chi connectivity index (χ3n) is 3.64. The van der Waals surface area contributed by atoms with Crippen LogP contribution in [0.3, 0.4) is 0 Å². The first kappa shape index (κ1) is 13.6. The first-order chi connectivity index (χ1) is 9.59. The summed E-state index contributed by atoms with van der Waals surface area (Å²) < 4.78 is 0. The molecule has 0 radical (unpaired) electrons. The molecule has 1 aromatic heterocycles. The average molecular weight is 303 g/mol. The van der Waals surface area contributed by atoms with Gasteiger partial charge < -0.3 is 5.11 Å². The topological polar surface area (TPSA) is 20.2 Å². The largest absolute Gasteiger partial charge is 0.383 e. The van der Waals surface area contributed by atoms with Gasteiger partial charge in [0.1, 0.15) is 6.10 Å². The van der Waals surface area contributed by atoms with E-state index >= 15 is 0 Å². The smallest absolute Gasteiger partial charge is 0.115 e. The van der Waals surface area contributed by atoms with Gasteiger partial charge in [0.15, 0.2) is 0 Å². The molecule has 1 N–H and O–H groups in total. The van der Waals surface area contributed by atoms with Crippen LogP contribution >= 0.6 is 22.9 Å². The van der Waals surface area contributed by atoms with E-state index in [0.29, 0.717) is 5.02 Å². The van der Waals surface area contributed by atoms with E-state index in [1.165, 1.54) is 22.3 Å². The molecule has 0 aliphatic carbocycles. The van der Waals surface area contributed by atoms with Gasteiger partial charge in [-0.05, 0) is 46.7 Å². The van der Waals surface area contributed by atoms with E-state index in [9.17, 15) is 5.11 Å². The van der Waals surface area contributed by atoms with E-state index in [1.807, 2.05) is 30.5 Å². The molecule has 1 unspecified atom stereocenters. The van der Waals surface area contributed by atoms with Gasteiger partial charge in [-0.15, -0.1) is 11.3 Å². The highest BCUT2D eigenvalue weighted by Gasteiger charge is 2.19. The van der Waals surface area contributed by atoms with Crippen molar-refractivity contribution in [3.63, 3.8) is 0 Å². The van der Waals surface area contributed by atoms with Crippen LogP contribution in [0.1, 0.15) is 27.7 Å². The van der Waals surface area contributed by atoms with Crippen LogP contribution in [-0.2, 0) is 0 Å². The zero-order valence-corrected chi connectivity index (χ0v) is 12.9. The minimum Gasteiger partial charge on any atom is -0.383 e. The van der Waals surface area contributed by atoms with E-state index in [-0.39, 0.29) is 0 Å². The number of hydrogen-bond donors (Lipinski definition) is 1. The van der Waals surface area contributed by atoms with Crippen LogP contribution in [-0.4, -0.2) is 5.11 Å². The molecule has 2 aromatic carbocycles. The van der Waals surface area contributed by atoms with E-state index < -0.39 is 6.10 Å². The van der Waals surface area contributed by atoms with Gasteiger partial charge in [-0.25, -0.2) is 0 Å². The predicted octanol–water partition coefficient (Wildman–Crippen LogP) is 5.25. The Morgan fingerprint density at radius 3 is 2.35 bits per heavy atom. The van der Waals surface area contributed by atoms with E-state index in [4.69, 9.17) is 11.6 Å². The van der Waals surface area contributed by atoms with Gasteiger partial charge in [0.25, 0.3) is 0 Å². The molecule has 0 saturated carbocycles. The van der Waals surface area contributed by atoms with Crippen LogP contribution in [0, 0.1) is 13.8 Å². The average Bonchev–Trinajstić information content (AvgIpc) is 2.79. The van der Waals surface area contributed by atoms with Crippen molar-refractivity contribution in [2.45, 2.75) is 20.0 Å². The van der Waals surface area contributed by atoms with Crippen molar-refractivity contribution < 1.29 is 5.11 Å². The summed E-state index contributed by atoms with van der Waals surface area (Å²) in [5, 5.41) is 15.6. The maximum absolute atomic E-state index is 10.7. The van der Waals surface area contributed by atoms with Crippen LogP contribution in [0.2, 0.25) is 5.02 Å². The standard InChI is InChI=1S/C17H15ClOS/c1-10-7-8-14(13-6-4-3-5-12(10)13)16(19)17-15(18)11(2)9-20-17/h3-9,16,19H,1-2H3. The Bertz CT molecular complexity index is 776. The minimum atomic E-state index is -0.674. The molecule has 1 nitrogen and oxygen atoms in total. The molecular formula is C17H15ClOS. The molecule has 3 rings (SSSR count). The fraction of sp³-hybridized carbons (Fsp3) is 0.176. The summed E-state index contributed by atoms with van der Waals surface area (Å²) in [6.07, 6.45) is -0.674. The van der Waals surface area contributed by atoms with Gasteiger partial charge in [0.2, 0.25) is 0 Å². The number of benzene rings is 2. The lowest BCUT2D eigenvalue weighted by molar-refractivity contribution is 0.226. The van der Waals surface area contributed by atoms with Crippen LogP contribution in [0.5, 0.6) is 0 Å². The SMILES string of the molecule is Cc1csc(C(O)c2ccc(C)c3ccccc23)c1Cl. The summed E-state index contributed by atoms with van der Waals surface area (Å²) in [7, 11) is 0. The summed E-state index contributed by atoms with van der Waals surface area (Å²) >= 11 is 7.80. The molecule has 20 heavy (non-hydrogen) atoms. The van der Waals surface area contributed by atoms with Crippen molar-refractivity contribution >= 4 is 33.7 Å². The van der Waals surface area contributed by atoms with Gasteiger partial charge >= 0.3 is 0 Å². The Kier molecular flexibility index (Phi) is 3.55. The first-order valence-electron chi connectivity index (χ1n) is 6.49. The second-order valence-corrected chi connectivity index (χ2v) is 6.31. The molecule has 3 heteroatoms. The zero-order valence-electron chi connectivity index (χ0n) is 11.4. The monoisotopic (exact) mass is 302 g/mol. The number of aliphatic hydroxyl groups is 1. The summed E-state index contributed by atoms with van der Waals surface area (Å²) in [5.41, 5.74) is 3.14. The van der Waals surface area contributed by atoms with Gasteiger partial charge in [-0.3, -0.25) is 0 Å². The quantitative estimate of drug-likeness (QED) is 0.685. The van der Waals surface area contributed by atoms with Gasteiger partial charge in [0, 0.05) is 0 Å². The first-order valence-corrected chi connectivity index (χ1v) is 7.75.